The molecule has 0 aliphatic carbocycles. The van der Waals surface area contributed by atoms with Crippen LogP contribution >= 0.6 is 0 Å². The van der Waals surface area contributed by atoms with Crippen LogP contribution in [0.2, 0.25) is 0 Å². The molecule has 3 rings (SSSR count). The summed E-state index contributed by atoms with van der Waals surface area (Å²) in [6.45, 7) is 0.864. The highest BCUT2D eigenvalue weighted by Gasteiger charge is 2.48. The van der Waals surface area contributed by atoms with Crippen LogP contribution in [-0.2, 0) is 16.0 Å². The Morgan fingerprint density at radius 1 is 1.71 bits per heavy atom. The standard InChI is InChI=1S/C11H15N4O2/c12-8(4-7-5-13-6-14-7)10-15-3-1-2-9(15)11(16)17-10/h5-6,8-9H,1-4,12H2,(H,13,14)/q+1. The number of carbonyl (C=O) groups excluding carboxylic acids is 1. The number of nitrogens with one attached hydrogen (secondary N) is 1. The first-order valence-electron chi connectivity index (χ1n) is 5.83. The molecule has 3 heterocycles. The number of fused-ring (bicyclic) bond motifs is 1. The van der Waals surface area contributed by atoms with Crippen molar-refractivity contribution in [2.75, 3.05) is 6.54 Å². The molecule has 2 aliphatic rings. The van der Waals surface area contributed by atoms with Crippen LogP contribution in [0.5, 0.6) is 0 Å². The third kappa shape index (κ3) is 1.74. The number of imidazole rings is 1. The van der Waals surface area contributed by atoms with Gasteiger partial charge in [-0.05, 0) is 0 Å². The minimum atomic E-state index is -0.289. The highest BCUT2D eigenvalue weighted by Crippen LogP contribution is 2.21. The number of hydrogen-bond donors (Lipinski definition) is 2. The SMILES string of the molecule is NC(Cc1cnc[nH]1)C1=[N+]2CCCC2C(=O)O1. The van der Waals surface area contributed by atoms with E-state index < -0.39 is 0 Å². The summed E-state index contributed by atoms with van der Waals surface area (Å²) in [4.78, 5) is 18.6. The third-order valence-corrected chi connectivity index (χ3v) is 3.32. The fourth-order valence-corrected chi connectivity index (χ4v) is 2.51. The Hall–Kier alpha value is -1.69. The lowest BCUT2D eigenvalue weighted by Gasteiger charge is -2.06. The molecule has 0 bridgehead atoms. The molecule has 6 heteroatoms. The van der Waals surface area contributed by atoms with Crippen molar-refractivity contribution in [2.45, 2.75) is 31.3 Å². The van der Waals surface area contributed by atoms with Crippen molar-refractivity contribution < 1.29 is 14.1 Å². The summed E-state index contributed by atoms with van der Waals surface area (Å²) < 4.78 is 7.29. The van der Waals surface area contributed by atoms with Gasteiger partial charge < -0.3 is 15.5 Å². The second kappa shape index (κ2) is 3.96. The van der Waals surface area contributed by atoms with Gasteiger partial charge in [-0.3, -0.25) is 0 Å². The van der Waals surface area contributed by atoms with Gasteiger partial charge in [0.05, 0.1) is 6.33 Å². The molecule has 1 aromatic heterocycles. The molecule has 2 unspecified atom stereocenters. The van der Waals surface area contributed by atoms with E-state index in [0.717, 1.165) is 25.1 Å². The molecule has 0 amide bonds. The summed E-state index contributed by atoms with van der Waals surface area (Å²) in [6, 6.07) is -0.389. The first kappa shape index (κ1) is 10.5. The minimum Gasteiger partial charge on any atom is -0.368 e. The summed E-state index contributed by atoms with van der Waals surface area (Å²) in [5.74, 6) is 0.463. The molecule has 1 aromatic rings. The molecular formula is C11H15N4O2+. The number of rotatable bonds is 3. The average molecular weight is 235 g/mol. The first-order valence-corrected chi connectivity index (χ1v) is 5.83. The van der Waals surface area contributed by atoms with Crippen LogP contribution in [0.15, 0.2) is 12.5 Å². The summed E-state index contributed by atoms with van der Waals surface area (Å²) in [7, 11) is 0. The van der Waals surface area contributed by atoms with Gasteiger partial charge in [-0.25, -0.2) is 9.78 Å². The Morgan fingerprint density at radius 2 is 2.59 bits per heavy atom. The zero-order valence-corrected chi connectivity index (χ0v) is 9.43. The van der Waals surface area contributed by atoms with Crippen molar-refractivity contribution in [1.82, 2.24) is 9.97 Å². The lowest BCUT2D eigenvalue weighted by Crippen LogP contribution is -2.37. The number of carbonyl (C=O) groups is 1. The second-order valence-corrected chi connectivity index (χ2v) is 4.50. The Balaban J connectivity index is 1.80. The smallest absolute Gasteiger partial charge is 0.368 e. The molecular weight excluding hydrogens is 220 g/mol. The molecule has 0 spiro atoms. The Kier molecular flexibility index (Phi) is 2.44. The summed E-state index contributed by atoms with van der Waals surface area (Å²) in [5, 5.41) is 0. The third-order valence-electron chi connectivity index (χ3n) is 3.32. The van der Waals surface area contributed by atoms with Crippen LogP contribution in [0.25, 0.3) is 0 Å². The monoisotopic (exact) mass is 235 g/mol. The molecule has 0 saturated carbocycles. The molecule has 6 nitrogen and oxygen atoms in total. The zero-order chi connectivity index (χ0) is 11.8. The van der Waals surface area contributed by atoms with Gasteiger partial charge in [-0.2, -0.15) is 4.58 Å². The van der Waals surface area contributed by atoms with Crippen LogP contribution in [0.4, 0.5) is 0 Å². The Morgan fingerprint density at radius 3 is 3.35 bits per heavy atom. The van der Waals surface area contributed by atoms with E-state index in [1.807, 2.05) is 4.58 Å². The van der Waals surface area contributed by atoms with Crippen molar-refractivity contribution in [2.24, 2.45) is 5.73 Å². The van der Waals surface area contributed by atoms with Gasteiger partial charge in [0.1, 0.15) is 12.6 Å². The number of cyclic esters (lactones) is 1. The summed E-state index contributed by atoms with van der Waals surface area (Å²) in [6.07, 6.45) is 5.86. The van der Waals surface area contributed by atoms with E-state index in [1.54, 1.807) is 12.5 Å². The molecule has 1 fully saturated rings. The Labute approximate surface area is 98.5 Å². The molecule has 0 aromatic carbocycles. The first-order chi connectivity index (χ1) is 8.25. The fourth-order valence-electron chi connectivity index (χ4n) is 2.51. The molecule has 2 atom stereocenters. The molecule has 0 radical (unpaired) electrons. The summed E-state index contributed by atoms with van der Waals surface area (Å²) >= 11 is 0. The van der Waals surface area contributed by atoms with Gasteiger partial charge in [0.15, 0.2) is 0 Å². The number of ether oxygens (including phenoxy) is 1. The fraction of sp³-hybridized carbons (Fsp3) is 0.545. The van der Waals surface area contributed by atoms with Gasteiger partial charge in [0, 0.05) is 31.2 Å². The van der Waals surface area contributed by atoms with Crippen LogP contribution in [-0.4, -0.2) is 45.0 Å². The number of nitrogens with zero attached hydrogens (tertiary/aromatic N) is 2. The predicted molar refractivity (Wildman–Crippen MR) is 59.5 cm³/mol. The quantitative estimate of drug-likeness (QED) is 0.542. The van der Waals surface area contributed by atoms with Gasteiger partial charge in [-0.15, -0.1) is 0 Å². The highest BCUT2D eigenvalue weighted by molar-refractivity contribution is 5.95. The minimum absolute atomic E-state index is 0.0992. The van der Waals surface area contributed by atoms with Crippen molar-refractivity contribution in [3.63, 3.8) is 0 Å². The molecule has 2 aliphatic heterocycles. The lowest BCUT2D eigenvalue weighted by molar-refractivity contribution is -0.527. The van der Waals surface area contributed by atoms with Gasteiger partial charge in [0.25, 0.3) is 6.04 Å². The number of esters is 1. The normalized spacial score (nSPS) is 25.0. The Bertz CT molecular complexity index is 466. The van der Waals surface area contributed by atoms with Crippen LogP contribution in [0, 0.1) is 0 Å². The van der Waals surface area contributed by atoms with Crippen molar-refractivity contribution in [3.05, 3.63) is 18.2 Å². The lowest BCUT2D eigenvalue weighted by atomic mass is 10.2. The zero-order valence-electron chi connectivity index (χ0n) is 9.43. The van der Waals surface area contributed by atoms with E-state index in [2.05, 4.69) is 9.97 Å². The van der Waals surface area contributed by atoms with E-state index >= 15 is 0 Å². The predicted octanol–water partition coefficient (Wildman–Crippen LogP) is -0.590. The number of aromatic amines is 1. The van der Waals surface area contributed by atoms with Crippen LogP contribution in [0.1, 0.15) is 18.5 Å². The maximum Gasteiger partial charge on any atom is 0.384 e. The summed E-state index contributed by atoms with van der Waals surface area (Å²) in [5.41, 5.74) is 7.03. The van der Waals surface area contributed by atoms with E-state index in [4.69, 9.17) is 10.5 Å². The molecule has 1 saturated heterocycles. The average Bonchev–Trinajstić information content (AvgIpc) is 2.97. The van der Waals surface area contributed by atoms with Gasteiger partial charge in [0.2, 0.25) is 0 Å². The van der Waals surface area contributed by atoms with E-state index in [9.17, 15) is 4.79 Å². The van der Waals surface area contributed by atoms with E-state index in [1.165, 1.54) is 0 Å². The number of aromatic nitrogens is 2. The van der Waals surface area contributed by atoms with Gasteiger partial charge >= 0.3 is 11.9 Å². The topological polar surface area (TPSA) is 84.0 Å². The number of H-pyrrole nitrogens is 1. The van der Waals surface area contributed by atoms with Gasteiger partial charge in [-0.1, -0.05) is 0 Å². The molecule has 90 valence electrons. The largest absolute Gasteiger partial charge is 0.384 e. The van der Waals surface area contributed by atoms with Crippen LogP contribution < -0.4 is 5.73 Å². The van der Waals surface area contributed by atoms with Crippen molar-refractivity contribution in [3.8, 4) is 0 Å². The number of hydrogen-bond acceptors (Lipinski definition) is 4. The van der Waals surface area contributed by atoms with E-state index in [-0.39, 0.29) is 18.1 Å². The molecule has 17 heavy (non-hydrogen) atoms. The van der Waals surface area contributed by atoms with Crippen molar-refractivity contribution >= 4 is 11.9 Å². The molecule has 3 N–H and O–H groups in total. The maximum absolute atomic E-state index is 11.6. The van der Waals surface area contributed by atoms with Crippen molar-refractivity contribution in [1.29, 1.82) is 0 Å². The second-order valence-electron chi connectivity index (χ2n) is 4.50. The highest BCUT2D eigenvalue weighted by atomic mass is 16.6. The van der Waals surface area contributed by atoms with E-state index in [0.29, 0.717) is 12.3 Å². The number of nitrogens with two attached hydrogens (primary N) is 1. The maximum atomic E-state index is 11.6. The van der Waals surface area contributed by atoms with Crippen LogP contribution in [0.3, 0.4) is 0 Å².